The molecule has 1 heterocycles. The Morgan fingerprint density at radius 3 is 1.96 bits per heavy atom. The molecule has 6 nitrogen and oxygen atoms in total. The third kappa shape index (κ3) is 4.96. The molecule has 1 N–H and O–H groups in total. The number of aliphatic hydroxyl groups is 1. The number of rotatable bonds is 5. The molecule has 0 aliphatic carbocycles. The molecule has 0 amide bonds. The van der Waals surface area contributed by atoms with Gasteiger partial charge in [-0.25, -0.2) is 9.59 Å². The minimum absolute atomic E-state index is 0.242. The summed E-state index contributed by atoms with van der Waals surface area (Å²) < 4.78 is 15.9. The summed E-state index contributed by atoms with van der Waals surface area (Å²) >= 11 is 17.5. The number of ether oxygens (including phenoxy) is 3. The molecule has 0 radical (unpaired) electrons. The average Bonchev–Trinajstić information content (AvgIpc) is 2.95. The van der Waals surface area contributed by atoms with Gasteiger partial charge in [0.2, 0.25) is 0 Å². The number of carbonyl (C=O) groups excluding carboxylic acids is 2. The number of carbonyl (C=O) groups is 2. The summed E-state index contributed by atoms with van der Waals surface area (Å²) in [4.78, 5) is 24.4. The molecule has 0 bridgehead atoms. The highest BCUT2D eigenvalue weighted by Crippen LogP contribution is 2.28. The molecule has 9 heteroatoms. The van der Waals surface area contributed by atoms with Gasteiger partial charge in [0.25, 0.3) is 0 Å². The van der Waals surface area contributed by atoms with Gasteiger partial charge in [0.05, 0.1) is 11.1 Å². The molecule has 4 atom stereocenters. The lowest BCUT2D eigenvalue weighted by Gasteiger charge is -2.20. The van der Waals surface area contributed by atoms with Crippen LogP contribution in [0.1, 0.15) is 20.7 Å². The van der Waals surface area contributed by atoms with Crippen molar-refractivity contribution in [3.63, 3.8) is 0 Å². The molecule has 0 saturated carbocycles. The zero-order chi connectivity index (χ0) is 20.3. The van der Waals surface area contributed by atoms with Gasteiger partial charge in [-0.2, -0.15) is 0 Å². The van der Waals surface area contributed by atoms with Crippen molar-refractivity contribution in [2.75, 3.05) is 6.61 Å². The monoisotopic (exact) mass is 444 g/mol. The van der Waals surface area contributed by atoms with Crippen LogP contribution >= 0.6 is 34.8 Å². The van der Waals surface area contributed by atoms with Crippen LogP contribution in [0.4, 0.5) is 0 Å². The first kappa shape index (κ1) is 20.9. The van der Waals surface area contributed by atoms with Crippen LogP contribution in [0.2, 0.25) is 10.0 Å². The molecule has 0 spiro atoms. The molecule has 1 saturated heterocycles. The fourth-order valence-electron chi connectivity index (χ4n) is 2.58. The first-order chi connectivity index (χ1) is 13.3. The van der Waals surface area contributed by atoms with Crippen molar-refractivity contribution in [2.45, 2.75) is 23.9 Å². The molecule has 1 unspecified atom stereocenters. The van der Waals surface area contributed by atoms with Crippen LogP contribution < -0.4 is 0 Å². The summed E-state index contributed by atoms with van der Waals surface area (Å²) in [7, 11) is 0. The van der Waals surface area contributed by atoms with Crippen LogP contribution in [-0.4, -0.2) is 47.5 Å². The molecular formula is C19H15Cl3O6. The third-order valence-corrected chi connectivity index (χ3v) is 4.92. The minimum Gasteiger partial charge on any atom is -0.459 e. The molecule has 2 aromatic carbocycles. The lowest BCUT2D eigenvalue weighted by molar-refractivity contribution is -0.0392. The van der Waals surface area contributed by atoms with E-state index in [4.69, 9.17) is 49.0 Å². The fourth-order valence-corrected chi connectivity index (χ4v) is 3.11. The second-order valence-corrected chi connectivity index (χ2v) is 7.30. The summed E-state index contributed by atoms with van der Waals surface area (Å²) in [5.74, 6) is -1.31. The van der Waals surface area contributed by atoms with Gasteiger partial charge in [-0.3, -0.25) is 0 Å². The van der Waals surface area contributed by atoms with E-state index in [2.05, 4.69) is 0 Å². The van der Waals surface area contributed by atoms with Crippen molar-refractivity contribution in [3.8, 4) is 0 Å². The Balaban J connectivity index is 1.63. The summed E-state index contributed by atoms with van der Waals surface area (Å²) in [6.07, 6.45) is -3.31. The Labute approximate surface area is 175 Å². The van der Waals surface area contributed by atoms with E-state index in [1.807, 2.05) is 0 Å². The van der Waals surface area contributed by atoms with Crippen molar-refractivity contribution in [3.05, 3.63) is 69.7 Å². The maximum atomic E-state index is 12.3. The lowest BCUT2D eigenvalue weighted by atomic mass is 10.1. The number of hydrogen-bond donors (Lipinski definition) is 1. The topological polar surface area (TPSA) is 82.1 Å². The zero-order valence-corrected chi connectivity index (χ0v) is 16.5. The average molecular weight is 446 g/mol. The van der Waals surface area contributed by atoms with E-state index in [1.165, 1.54) is 36.4 Å². The Kier molecular flexibility index (Phi) is 6.80. The first-order valence-corrected chi connectivity index (χ1v) is 9.41. The first-order valence-electron chi connectivity index (χ1n) is 8.22. The smallest absolute Gasteiger partial charge is 0.338 e. The van der Waals surface area contributed by atoms with E-state index < -0.39 is 35.8 Å². The van der Waals surface area contributed by atoms with Gasteiger partial charge in [0.1, 0.15) is 18.8 Å². The van der Waals surface area contributed by atoms with Gasteiger partial charge in [-0.05, 0) is 48.5 Å². The van der Waals surface area contributed by atoms with E-state index in [-0.39, 0.29) is 12.2 Å². The predicted octanol–water partition coefficient (Wildman–Crippen LogP) is 3.70. The van der Waals surface area contributed by atoms with Crippen molar-refractivity contribution in [1.82, 2.24) is 0 Å². The number of hydrogen-bond acceptors (Lipinski definition) is 6. The molecular weight excluding hydrogens is 431 g/mol. The molecule has 1 fully saturated rings. The number of benzene rings is 2. The quantitative estimate of drug-likeness (QED) is 0.558. The molecule has 1 aliphatic heterocycles. The zero-order valence-electron chi connectivity index (χ0n) is 14.3. The van der Waals surface area contributed by atoms with Gasteiger partial charge < -0.3 is 19.3 Å². The largest absolute Gasteiger partial charge is 0.459 e. The van der Waals surface area contributed by atoms with E-state index in [0.717, 1.165) is 0 Å². The molecule has 1 aliphatic rings. The van der Waals surface area contributed by atoms with Crippen molar-refractivity contribution in [2.24, 2.45) is 0 Å². The van der Waals surface area contributed by atoms with E-state index in [1.54, 1.807) is 12.1 Å². The van der Waals surface area contributed by atoms with Crippen molar-refractivity contribution < 1.29 is 28.9 Å². The van der Waals surface area contributed by atoms with Crippen LogP contribution in [0.3, 0.4) is 0 Å². The second kappa shape index (κ2) is 9.11. The van der Waals surface area contributed by atoms with Gasteiger partial charge in [-0.15, -0.1) is 0 Å². The summed E-state index contributed by atoms with van der Waals surface area (Å²) in [5.41, 5.74) is -0.575. The molecule has 3 rings (SSSR count). The number of halogens is 3. The van der Waals surface area contributed by atoms with Crippen molar-refractivity contribution >= 4 is 46.7 Å². The number of aliphatic hydroxyl groups excluding tert-OH is 1. The summed E-state index contributed by atoms with van der Waals surface area (Å²) in [6.45, 7) is -0.264. The standard InChI is InChI=1S/C19H15Cl3O6/c20-12-5-1-10(2-6-12)18(24)26-9-14-16(15(23)17(22)27-14)28-19(25)11-3-7-13(21)8-4-11/h1-8,14-17,23H,9H2/t14-,15-,16-,17?/m1/s1. The van der Waals surface area contributed by atoms with E-state index >= 15 is 0 Å². The van der Waals surface area contributed by atoms with Crippen LogP contribution in [0.5, 0.6) is 0 Å². The fraction of sp³-hybridized carbons (Fsp3) is 0.263. The second-order valence-electron chi connectivity index (χ2n) is 6.00. The van der Waals surface area contributed by atoms with Crippen LogP contribution in [0, 0.1) is 0 Å². The number of esters is 2. The maximum absolute atomic E-state index is 12.3. The normalized spacial score (nSPS) is 24.0. The van der Waals surface area contributed by atoms with Gasteiger partial charge >= 0.3 is 11.9 Å². The lowest BCUT2D eigenvalue weighted by Crippen LogP contribution is -2.38. The van der Waals surface area contributed by atoms with E-state index in [0.29, 0.717) is 15.6 Å². The van der Waals surface area contributed by atoms with E-state index in [9.17, 15) is 14.7 Å². The Morgan fingerprint density at radius 2 is 1.43 bits per heavy atom. The van der Waals surface area contributed by atoms with Gasteiger partial charge in [-0.1, -0.05) is 34.8 Å². The highest BCUT2D eigenvalue weighted by atomic mass is 35.5. The maximum Gasteiger partial charge on any atom is 0.338 e. The summed E-state index contributed by atoms with van der Waals surface area (Å²) in [5, 5.41) is 11.1. The van der Waals surface area contributed by atoms with Gasteiger partial charge in [0, 0.05) is 10.0 Å². The Hall–Kier alpha value is -1.83. The highest BCUT2D eigenvalue weighted by molar-refractivity contribution is 6.31. The van der Waals surface area contributed by atoms with Crippen LogP contribution in [0.15, 0.2) is 48.5 Å². The molecule has 148 valence electrons. The molecule has 2 aromatic rings. The molecule has 0 aromatic heterocycles. The highest BCUT2D eigenvalue weighted by Gasteiger charge is 2.46. The predicted molar refractivity (Wildman–Crippen MR) is 103 cm³/mol. The number of alkyl halides is 1. The minimum atomic E-state index is -1.28. The van der Waals surface area contributed by atoms with Crippen molar-refractivity contribution in [1.29, 1.82) is 0 Å². The van der Waals surface area contributed by atoms with Gasteiger partial charge in [0.15, 0.2) is 11.7 Å². The van der Waals surface area contributed by atoms with Crippen LogP contribution in [0.25, 0.3) is 0 Å². The van der Waals surface area contributed by atoms with Crippen LogP contribution in [-0.2, 0) is 14.2 Å². The summed E-state index contributed by atoms with van der Waals surface area (Å²) in [6, 6.07) is 12.2. The SMILES string of the molecule is O=C(OC[C@H]1OC(Cl)[C@H](O)[C@@H]1OC(=O)c1ccc(Cl)cc1)c1ccc(Cl)cc1. The molecule has 28 heavy (non-hydrogen) atoms. The Morgan fingerprint density at radius 1 is 0.929 bits per heavy atom. The Bertz CT molecular complexity index is 840. The third-order valence-electron chi connectivity index (χ3n) is 4.06.